The van der Waals surface area contributed by atoms with E-state index in [9.17, 15) is 4.79 Å². The number of nitrogens with one attached hydrogen (secondary N) is 2. The number of aromatic nitrogens is 1. The second-order valence-electron chi connectivity index (χ2n) is 7.37. The number of amides is 1. The molecule has 134 valence electrons. The summed E-state index contributed by atoms with van der Waals surface area (Å²) in [7, 11) is 0. The Morgan fingerprint density at radius 3 is 3.04 bits per heavy atom. The highest BCUT2D eigenvalue weighted by Gasteiger charge is 2.22. The molecule has 0 bridgehead atoms. The fraction of sp³-hybridized carbons (Fsp3) is 0.550. The largest absolute Gasteiger partial charge is 0.379 e. The molecule has 0 unspecified atom stereocenters. The van der Waals surface area contributed by atoms with Gasteiger partial charge in [-0.15, -0.1) is 0 Å². The normalized spacial score (nSPS) is 21.2. The lowest BCUT2D eigenvalue weighted by molar-refractivity contribution is 0.0383. The number of hydrogen-bond acceptors (Lipinski definition) is 3. The number of hydrogen-bond donors (Lipinski definition) is 2. The van der Waals surface area contributed by atoms with Crippen LogP contribution in [0.4, 0.5) is 0 Å². The number of carbonyl (C=O) groups is 1. The van der Waals surface area contributed by atoms with Gasteiger partial charge >= 0.3 is 0 Å². The van der Waals surface area contributed by atoms with Gasteiger partial charge in [0, 0.05) is 37.3 Å². The molecule has 2 aliphatic rings. The minimum Gasteiger partial charge on any atom is -0.379 e. The summed E-state index contributed by atoms with van der Waals surface area (Å²) in [6.45, 7) is 7.35. The van der Waals surface area contributed by atoms with Gasteiger partial charge in [-0.05, 0) is 36.8 Å². The molecule has 2 heterocycles. The van der Waals surface area contributed by atoms with Gasteiger partial charge in [0.1, 0.15) is 0 Å². The fourth-order valence-electron chi connectivity index (χ4n) is 4.05. The molecule has 1 aliphatic carbocycles. The predicted octanol–water partition coefficient (Wildman–Crippen LogP) is 2.35. The molecule has 2 aromatic rings. The van der Waals surface area contributed by atoms with E-state index in [2.05, 4.69) is 28.2 Å². The molecule has 0 saturated carbocycles. The molecule has 1 aromatic carbocycles. The monoisotopic (exact) mass is 341 g/mol. The second kappa shape index (κ2) is 7.18. The van der Waals surface area contributed by atoms with E-state index in [1.807, 2.05) is 12.1 Å². The first-order valence-electron chi connectivity index (χ1n) is 9.43. The number of H-pyrrole nitrogens is 1. The van der Waals surface area contributed by atoms with Crippen LogP contribution in [0.15, 0.2) is 18.2 Å². The summed E-state index contributed by atoms with van der Waals surface area (Å²) in [5.74, 6) is 0.739. The minimum absolute atomic E-state index is 0.0190. The van der Waals surface area contributed by atoms with Crippen LogP contribution in [0.3, 0.4) is 0 Å². The maximum absolute atomic E-state index is 12.7. The Kier molecular flexibility index (Phi) is 4.77. The van der Waals surface area contributed by atoms with Crippen molar-refractivity contribution in [1.82, 2.24) is 15.2 Å². The van der Waals surface area contributed by atoms with E-state index >= 15 is 0 Å². The predicted molar refractivity (Wildman–Crippen MR) is 99.1 cm³/mol. The number of nitrogens with zero attached hydrogens (tertiary/aromatic N) is 1. The molecule has 1 fully saturated rings. The molecule has 25 heavy (non-hydrogen) atoms. The van der Waals surface area contributed by atoms with Gasteiger partial charge in [-0.25, -0.2) is 0 Å². The maximum atomic E-state index is 12.7. The molecule has 0 spiro atoms. The number of para-hydroxylation sites is 1. The number of rotatable bonds is 4. The van der Waals surface area contributed by atoms with E-state index in [1.54, 1.807) is 0 Å². The topological polar surface area (TPSA) is 57.4 Å². The summed E-state index contributed by atoms with van der Waals surface area (Å²) in [6.07, 6.45) is 3.42. The first-order valence-corrected chi connectivity index (χ1v) is 9.43. The average Bonchev–Trinajstić information content (AvgIpc) is 3.00. The van der Waals surface area contributed by atoms with Crippen LogP contribution in [0.25, 0.3) is 10.9 Å². The number of aryl methyl sites for hydroxylation is 1. The zero-order valence-corrected chi connectivity index (χ0v) is 14.9. The summed E-state index contributed by atoms with van der Waals surface area (Å²) in [4.78, 5) is 18.6. The molecule has 4 rings (SSSR count). The third kappa shape index (κ3) is 3.44. The Hall–Kier alpha value is -1.85. The Balaban J connectivity index is 1.48. The van der Waals surface area contributed by atoms with E-state index < -0.39 is 0 Å². The Morgan fingerprint density at radius 1 is 1.36 bits per heavy atom. The molecule has 1 saturated heterocycles. The van der Waals surface area contributed by atoms with Gasteiger partial charge < -0.3 is 15.0 Å². The van der Waals surface area contributed by atoms with Crippen molar-refractivity contribution in [2.75, 3.05) is 39.4 Å². The third-order valence-electron chi connectivity index (χ3n) is 5.53. The van der Waals surface area contributed by atoms with Gasteiger partial charge in [0.2, 0.25) is 0 Å². The van der Waals surface area contributed by atoms with Crippen molar-refractivity contribution in [3.8, 4) is 0 Å². The molecule has 5 heteroatoms. The van der Waals surface area contributed by atoms with E-state index in [0.29, 0.717) is 6.54 Å². The molecule has 0 radical (unpaired) electrons. The zero-order valence-electron chi connectivity index (χ0n) is 14.9. The molecular weight excluding hydrogens is 314 g/mol. The van der Waals surface area contributed by atoms with E-state index in [0.717, 1.165) is 62.7 Å². The minimum atomic E-state index is 0.0190. The van der Waals surface area contributed by atoms with Crippen molar-refractivity contribution < 1.29 is 9.53 Å². The maximum Gasteiger partial charge on any atom is 0.253 e. The summed E-state index contributed by atoms with van der Waals surface area (Å²) >= 11 is 0. The van der Waals surface area contributed by atoms with Crippen LogP contribution in [0.1, 0.15) is 35.0 Å². The Morgan fingerprint density at radius 2 is 2.20 bits per heavy atom. The molecule has 1 aliphatic heterocycles. The highest BCUT2D eigenvalue weighted by atomic mass is 16.5. The average molecular weight is 341 g/mol. The summed E-state index contributed by atoms with van der Waals surface area (Å²) in [6, 6.07) is 6.08. The van der Waals surface area contributed by atoms with Crippen molar-refractivity contribution >= 4 is 16.8 Å². The number of carbonyl (C=O) groups excluding carboxylic acids is 1. The van der Waals surface area contributed by atoms with Crippen molar-refractivity contribution in [2.45, 2.75) is 26.2 Å². The van der Waals surface area contributed by atoms with Crippen molar-refractivity contribution in [1.29, 1.82) is 0 Å². The van der Waals surface area contributed by atoms with Gasteiger partial charge in [0.25, 0.3) is 5.91 Å². The third-order valence-corrected chi connectivity index (χ3v) is 5.53. The van der Waals surface area contributed by atoms with Crippen molar-refractivity contribution in [3.63, 3.8) is 0 Å². The van der Waals surface area contributed by atoms with Gasteiger partial charge in [-0.1, -0.05) is 19.1 Å². The molecule has 1 atom stereocenters. The lowest BCUT2D eigenvalue weighted by Crippen LogP contribution is -2.41. The van der Waals surface area contributed by atoms with Crippen LogP contribution in [-0.4, -0.2) is 55.2 Å². The van der Waals surface area contributed by atoms with Gasteiger partial charge in [0.05, 0.1) is 24.3 Å². The Bertz CT molecular complexity index is 762. The molecule has 1 amide bonds. The van der Waals surface area contributed by atoms with Gasteiger partial charge in [0.15, 0.2) is 0 Å². The lowest BCUT2D eigenvalue weighted by Gasteiger charge is -2.26. The molecular formula is C20H27N3O2. The number of morpholine rings is 1. The van der Waals surface area contributed by atoms with E-state index in [4.69, 9.17) is 4.74 Å². The Labute approximate surface area is 148 Å². The van der Waals surface area contributed by atoms with Crippen LogP contribution in [0, 0.1) is 5.92 Å². The highest BCUT2D eigenvalue weighted by molar-refractivity contribution is 6.06. The van der Waals surface area contributed by atoms with Crippen LogP contribution < -0.4 is 5.32 Å². The quantitative estimate of drug-likeness (QED) is 0.897. The number of ether oxygens (including phenoxy) is 1. The first kappa shape index (κ1) is 16.6. The standard InChI is InChI=1S/C20H27N3O2/c1-14-5-6-18-17(13-14)15-3-2-4-16(19(15)22-18)20(24)21-7-8-23-9-11-25-12-10-23/h2-4,14,22H,5-13H2,1H3,(H,21,24)/t14-/m0/s1. The van der Waals surface area contributed by atoms with Gasteiger partial charge in [-0.2, -0.15) is 0 Å². The number of aromatic amines is 1. The first-order chi connectivity index (χ1) is 12.2. The zero-order chi connectivity index (χ0) is 17.2. The lowest BCUT2D eigenvalue weighted by atomic mass is 9.87. The smallest absolute Gasteiger partial charge is 0.253 e. The van der Waals surface area contributed by atoms with E-state index in [1.165, 1.54) is 23.1 Å². The number of benzene rings is 1. The fourth-order valence-corrected chi connectivity index (χ4v) is 4.05. The number of fused-ring (bicyclic) bond motifs is 3. The van der Waals surface area contributed by atoms with Crippen molar-refractivity contribution in [2.24, 2.45) is 5.92 Å². The van der Waals surface area contributed by atoms with Crippen LogP contribution in [-0.2, 0) is 17.6 Å². The highest BCUT2D eigenvalue weighted by Crippen LogP contribution is 2.32. The second-order valence-corrected chi connectivity index (χ2v) is 7.37. The summed E-state index contributed by atoms with van der Waals surface area (Å²) < 4.78 is 5.36. The van der Waals surface area contributed by atoms with Crippen LogP contribution >= 0.6 is 0 Å². The summed E-state index contributed by atoms with van der Waals surface area (Å²) in [5, 5.41) is 4.31. The molecule has 5 nitrogen and oxygen atoms in total. The SMILES string of the molecule is C[C@H]1CCc2[nH]c3c(C(=O)NCCN4CCOCC4)cccc3c2C1. The van der Waals surface area contributed by atoms with Gasteiger partial charge in [-0.3, -0.25) is 9.69 Å². The van der Waals surface area contributed by atoms with Crippen molar-refractivity contribution in [3.05, 3.63) is 35.0 Å². The molecule has 1 aromatic heterocycles. The van der Waals surface area contributed by atoms with E-state index in [-0.39, 0.29) is 5.91 Å². The van der Waals surface area contributed by atoms with Crippen LogP contribution in [0.2, 0.25) is 0 Å². The van der Waals surface area contributed by atoms with Crippen LogP contribution in [0.5, 0.6) is 0 Å². The summed E-state index contributed by atoms with van der Waals surface area (Å²) in [5.41, 5.74) is 4.50. The molecule has 2 N–H and O–H groups in total.